The molecule has 0 bridgehead atoms. The summed E-state index contributed by atoms with van der Waals surface area (Å²) in [6, 6.07) is 15.9. The van der Waals surface area contributed by atoms with Gasteiger partial charge < -0.3 is 14.2 Å². The number of halogens is 1. The van der Waals surface area contributed by atoms with E-state index in [1.807, 2.05) is 0 Å². The number of methoxy groups -OCH3 is 1. The van der Waals surface area contributed by atoms with Crippen LogP contribution >= 0.6 is 27.7 Å². The molecule has 1 aliphatic rings. The van der Waals surface area contributed by atoms with Crippen molar-refractivity contribution in [3.05, 3.63) is 91.8 Å². The standard InChI is InChI=1S/C23H16BrN3O7S2/c1-33-18-7-3-16(4-8-18)25-23-26-22(28)21(35-23)13-14-12-15(24)2-11-20(14)34-36(31,32)19-9-5-17(6-10-19)27(29)30/h2-13H,1H3,(H,25,26,28)/b21-13-. The van der Waals surface area contributed by atoms with Gasteiger partial charge in [-0.2, -0.15) is 8.42 Å². The Bertz CT molecular complexity index is 1500. The Morgan fingerprint density at radius 2 is 1.78 bits per heavy atom. The number of thioether (sulfide) groups is 1. The summed E-state index contributed by atoms with van der Waals surface area (Å²) in [5.74, 6) is 0.239. The van der Waals surface area contributed by atoms with E-state index in [1.54, 1.807) is 43.5 Å². The van der Waals surface area contributed by atoms with E-state index in [-0.39, 0.29) is 21.2 Å². The van der Waals surface area contributed by atoms with Gasteiger partial charge in [0.1, 0.15) is 16.4 Å². The van der Waals surface area contributed by atoms with Crippen LogP contribution in [0.3, 0.4) is 0 Å². The highest BCUT2D eigenvalue weighted by molar-refractivity contribution is 9.10. The molecule has 0 atom stereocenters. The van der Waals surface area contributed by atoms with Crippen LogP contribution in [0.4, 0.5) is 11.4 Å². The highest BCUT2D eigenvalue weighted by Crippen LogP contribution is 2.33. The fraction of sp³-hybridized carbons (Fsp3) is 0.0435. The minimum absolute atomic E-state index is 0.0296. The third-order valence-corrected chi connectivity index (χ3v) is 7.40. The number of aliphatic imine (C=N–C) groups is 1. The molecule has 36 heavy (non-hydrogen) atoms. The Labute approximate surface area is 218 Å². The molecule has 0 aliphatic carbocycles. The van der Waals surface area contributed by atoms with Crippen molar-refractivity contribution in [2.75, 3.05) is 7.11 Å². The number of ether oxygens (including phenoxy) is 1. The first kappa shape index (κ1) is 25.4. The molecule has 3 aromatic carbocycles. The summed E-state index contributed by atoms with van der Waals surface area (Å²) < 4.78 is 36.6. The largest absolute Gasteiger partial charge is 0.497 e. The molecule has 1 aliphatic heterocycles. The lowest BCUT2D eigenvalue weighted by molar-refractivity contribution is -0.384. The molecule has 0 aromatic heterocycles. The van der Waals surface area contributed by atoms with Gasteiger partial charge in [-0.05, 0) is 72.4 Å². The number of nitrogens with zero attached hydrogens (tertiary/aromatic N) is 2. The van der Waals surface area contributed by atoms with Crippen LogP contribution in [0.15, 0.2) is 86.0 Å². The van der Waals surface area contributed by atoms with Crippen molar-refractivity contribution in [3.63, 3.8) is 0 Å². The van der Waals surface area contributed by atoms with Gasteiger partial charge in [-0.3, -0.25) is 14.9 Å². The van der Waals surface area contributed by atoms with Gasteiger partial charge in [0.15, 0.2) is 5.17 Å². The zero-order valence-corrected chi connectivity index (χ0v) is 21.6. The predicted octanol–water partition coefficient (Wildman–Crippen LogP) is 5.03. The number of rotatable bonds is 7. The number of nitro benzene ring substituents is 1. The van der Waals surface area contributed by atoms with Gasteiger partial charge in [-0.15, -0.1) is 0 Å². The quantitative estimate of drug-likeness (QED) is 0.175. The fourth-order valence-electron chi connectivity index (χ4n) is 3.00. The van der Waals surface area contributed by atoms with Crippen LogP contribution in [0.25, 0.3) is 6.08 Å². The zero-order valence-electron chi connectivity index (χ0n) is 18.4. The second kappa shape index (κ2) is 10.5. The van der Waals surface area contributed by atoms with Crippen LogP contribution in [0, 0.1) is 10.1 Å². The normalized spacial score (nSPS) is 15.7. The third kappa shape index (κ3) is 5.93. The molecule has 0 saturated carbocycles. The molecule has 13 heteroatoms. The zero-order chi connectivity index (χ0) is 25.9. The maximum atomic E-state index is 12.8. The second-order valence-electron chi connectivity index (χ2n) is 7.15. The summed E-state index contributed by atoms with van der Waals surface area (Å²) in [5, 5.41) is 13.9. The summed E-state index contributed by atoms with van der Waals surface area (Å²) in [7, 11) is -2.75. The van der Waals surface area contributed by atoms with Crippen molar-refractivity contribution >= 4 is 66.3 Å². The van der Waals surface area contributed by atoms with Gasteiger partial charge in [0.2, 0.25) is 0 Å². The fourth-order valence-corrected chi connectivity index (χ4v) is 5.17. The van der Waals surface area contributed by atoms with Crippen LogP contribution in [0.2, 0.25) is 0 Å². The molecule has 1 heterocycles. The van der Waals surface area contributed by atoms with Crippen LogP contribution in [0.5, 0.6) is 11.5 Å². The molecule has 0 spiro atoms. The van der Waals surface area contributed by atoms with Gasteiger partial charge in [0.25, 0.3) is 11.6 Å². The monoisotopic (exact) mass is 589 g/mol. The molecule has 1 amide bonds. The van der Waals surface area contributed by atoms with Crippen molar-refractivity contribution in [3.8, 4) is 11.5 Å². The minimum Gasteiger partial charge on any atom is -0.497 e. The van der Waals surface area contributed by atoms with Crippen LogP contribution in [-0.4, -0.2) is 31.5 Å². The van der Waals surface area contributed by atoms with E-state index in [4.69, 9.17) is 8.92 Å². The first-order valence-electron chi connectivity index (χ1n) is 10.1. The van der Waals surface area contributed by atoms with Crippen molar-refractivity contribution in [1.82, 2.24) is 5.32 Å². The lowest BCUT2D eigenvalue weighted by Gasteiger charge is -2.10. The number of carbonyl (C=O) groups is 1. The number of hydrogen-bond acceptors (Lipinski definition) is 9. The second-order valence-corrected chi connectivity index (χ2v) is 10.6. The predicted molar refractivity (Wildman–Crippen MR) is 139 cm³/mol. The van der Waals surface area contributed by atoms with Gasteiger partial charge in [-0.25, -0.2) is 4.99 Å². The van der Waals surface area contributed by atoms with E-state index < -0.39 is 20.9 Å². The molecule has 1 saturated heterocycles. The van der Waals surface area contributed by atoms with Crippen LogP contribution < -0.4 is 14.2 Å². The number of non-ortho nitro benzene ring substituents is 1. The van der Waals surface area contributed by atoms with Crippen molar-refractivity contribution < 1.29 is 27.1 Å². The molecule has 3 aromatic rings. The Morgan fingerprint density at radius 1 is 1.08 bits per heavy atom. The highest BCUT2D eigenvalue weighted by atomic mass is 79.9. The van der Waals surface area contributed by atoms with E-state index >= 15 is 0 Å². The molecule has 0 unspecified atom stereocenters. The lowest BCUT2D eigenvalue weighted by atomic mass is 10.2. The number of carbonyl (C=O) groups excluding carboxylic acids is 1. The number of amidine groups is 1. The summed E-state index contributed by atoms with van der Waals surface area (Å²) in [6.45, 7) is 0. The molecule has 10 nitrogen and oxygen atoms in total. The van der Waals surface area contributed by atoms with E-state index in [0.717, 1.165) is 36.0 Å². The van der Waals surface area contributed by atoms with Crippen LogP contribution in [-0.2, 0) is 14.9 Å². The van der Waals surface area contributed by atoms with E-state index in [2.05, 4.69) is 26.2 Å². The van der Waals surface area contributed by atoms with Gasteiger partial charge >= 0.3 is 10.1 Å². The molecule has 1 N–H and O–H groups in total. The van der Waals surface area contributed by atoms with E-state index in [0.29, 0.717) is 26.6 Å². The number of benzene rings is 3. The van der Waals surface area contributed by atoms with Crippen molar-refractivity contribution in [1.29, 1.82) is 0 Å². The average molecular weight is 590 g/mol. The first-order chi connectivity index (χ1) is 17.1. The Hall–Kier alpha value is -3.68. The molecule has 0 radical (unpaired) electrons. The smallest absolute Gasteiger partial charge is 0.339 e. The lowest BCUT2D eigenvalue weighted by Crippen LogP contribution is -2.19. The highest BCUT2D eigenvalue weighted by Gasteiger charge is 2.25. The van der Waals surface area contributed by atoms with Gasteiger partial charge in [0.05, 0.1) is 22.6 Å². The van der Waals surface area contributed by atoms with E-state index in [1.165, 1.54) is 12.1 Å². The van der Waals surface area contributed by atoms with Crippen molar-refractivity contribution in [2.24, 2.45) is 4.99 Å². The summed E-state index contributed by atoms with van der Waals surface area (Å²) in [5.41, 5.74) is 0.679. The minimum atomic E-state index is -4.30. The average Bonchev–Trinajstić information content (AvgIpc) is 3.19. The molecule has 4 rings (SSSR count). The number of nitrogens with one attached hydrogen (secondary N) is 1. The summed E-state index contributed by atoms with van der Waals surface area (Å²) in [6.07, 6.45) is 1.49. The summed E-state index contributed by atoms with van der Waals surface area (Å²) in [4.78, 5) is 27.2. The number of hydrogen-bond donors (Lipinski definition) is 1. The van der Waals surface area contributed by atoms with Gasteiger partial charge in [-0.1, -0.05) is 15.9 Å². The molecular weight excluding hydrogens is 574 g/mol. The topological polar surface area (TPSA) is 137 Å². The number of amides is 1. The SMILES string of the molecule is COc1ccc(N=C2NC(=O)/C(=C/c3cc(Br)ccc3OS(=O)(=O)c3ccc([N+](=O)[O-])cc3)S2)cc1. The maximum absolute atomic E-state index is 12.8. The number of nitro groups is 1. The first-order valence-corrected chi connectivity index (χ1v) is 13.1. The Morgan fingerprint density at radius 3 is 2.42 bits per heavy atom. The molecular formula is C23H16BrN3O7S2. The Kier molecular flexibility index (Phi) is 7.43. The summed E-state index contributed by atoms with van der Waals surface area (Å²) >= 11 is 4.42. The van der Waals surface area contributed by atoms with Crippen molar-refractivity contribution in [2.45, 2.75) is 4.90 Å². The Balaban J connectivity index is 1.60. The van der Waals surface area contributed by atoms with Crippen LogP contribution in [0.1, 0.15) is 5.56 Å². The molecule has 1 fully saturated rings. The van der Waals surface area contributed by atoms with E-state index in [9.17, 15) is 23.3 Å². The van der Waals surface area contributed by atoms with Gasteiger partial charge in [0, 0.05) is 22.2 Å². The third-order valence-electron chi connectivity index (χ3n) is 4.75. The molecule has 184 valence electrons. The maximum Gasteiger partial charge on any atom is 0.339 e.